The molecular weight excluding hydrogens is 272 g/mol. The second-order valence-electron chi connectivity index (χ2n) is 7.16. The van der Waals surface area contributed by atoms with E-state index in [1.807, 2.05) is 6.92 Å². The molecule has 0 aromatic heterocycles. The molecule has 4 N–H and O–H groups in total. The van der Waals surface area contributed by atoms with Gasteiger partial charge in [-0.2, -0.15) is 0 Å². The van der Waals surface area contributed by atoms with Crippen molar-refractivity contribution in [2.24, 2.45) is 16.6 Å². The Morgan fingerprint density at radius 1 is 1.38 bits per heavy atom. The van der Waals surface area contributed by atoms with Crippen molar-refractivity contribution >= 4 is 11.9 Å². The van der Waals surface area contributed by atoms with Gasteiger partial charge in [0.2, 0.25) is 5.91 Å². The maximum atomic E-state index is 11.7. The fraction of sp³-hybridized carbons (Fsp3) is 0.867. The molecule has 0 aromatic rings. The number of aliphatic carboxylic acids is 1. The summed E-state index contributed by atoms with van der Waals surface area (Å²) < 4.78 is 5.74. The van der Waals surface area contributed by atoms with Crippen molar-refractivity contribution in [2.45, 2.75) is 59.0 Å². The van der Waals surface area contributed by atoms with Crippen molar-refractivity contribution in [1.82, 2.24) is 5.32 Å². The quantitative estimate of drug-likeness (QED) is 0.624. The maximum Gasteiger partial charge on any atom is 0.305 e. The van der Waals surface area contributed by atoms with Crippen LogP contribution in [0.25, 0.3) is 0 Å². The summed E-state index contributed by atoms with van der Waals surface area (Å²) in [5, 5.41) is 11.3. The third-order valence-electron chi connectivity index (χ3n) is 4.31. The van der Waals surface area contributed by atoms with Gasteiger partial charge in [-0.05, 0) is 30.6 Å². The number of carboxylic acids is 1. The molecule has 6 nitrogen and oxygen atoms in total. The van der Waals surface area contributed by atoms with Crippen LogP contribution in [0.1, 0.15) is 47.0 Å². The molecule has 1 saturated carbocycles. The zero-order valence-electron chi connectivity index (χ0n) is 13.4. The van der Waals surface area contributed by atoms with E-state index in [1.54, 1.807) is 0 Å². The molecule has 0 saturated heterocycles. The first-order chi connectivity index (χ1) is 9.57. The molecule has 1 aliphatic rings. The SMILES string of the molecule is CC(COCC1(C(C)(C)C)CC1)NC(=O)[C@@H](N)CC(=O)O. The number of ether oxygens (including phenoxy) is 1. The van der Waals surface area contributed by atoms with Gasteiger partial charge < -0.3 is 20.9 Å². The van der Waals surface area contributed by atoms with Gasteiger partial charge in [-0.3, -0.25) is 9.59 Å². The fourth-order valence-corrected chi connectivity index (χ4v) is 2.37. The first kappa shape index (κ1) is 17.9. The number of nitrogens with one attached hydrogen (secondary N) is 1. The summed E-state index contributed by atoms with van der Waals surface area (Å²) in [6.07, 6.45) is 1.99. The van der Waals surface area contributed by atoms with Gasteiger partial charge in [0.25, 0.3) is 0 Å². The van der Waals surface area contributed by atoms with Crippen LogP contribution in [0.15, 0.2) is 0 Å². The van der Waals surface area contributed by atoms with Crippen LogP contribution in [0.2, 0.25) is 0 Å². The van der Waals surface area contributed by atoms with E-state index in [0.717, 1.165) is 0 Å². The minimum absolute atomic E-state index is 0.187. The highest BCUT2D eigenvalue weighted by atomic mass is 16.5. The Morgan fingerprint density at radius 2 is 1.95 bits per heavy atom. The summed E-state index contributed by atoms with van der Waals surface area (Å²) in [5.74, 6) is -1.53. The molecular formula is C15H28N2O4. The number of amides is 1. The first-order valence-electron chi connectivity index (χ1n) is 7.43. The lowest BCUT2D eigenvalue weighted by molar-refractivity contribution is -0.139. The van der Waals surface area contributed by atoms with E-state index in [4.69, 9.17) is 15.6 Å². The van der Waals surface area contributed by atoms with Gasteiger partial charge in [0.05, 0.1) is 25.7 Å². The molecule has 1 fully saturated rings. The molecule has 0 bridgehead atoms. The number of nitrogens with two attached hydrogens (primary N) is 1. The van der Waals surface area contributed by atoms with Gasteiger partial charge in [-0.25, -0.2) is 0 Å². The Hall–Kier alpha value is -1.14. The van der Waals surface area contributed by atoms with Crippen molar-refractivity contribution in [3.05, 3.63) is 0 Å². The van der Waals surface area contributed by atoms with E-state index in [-0.39, 0.29) is 23.3 Å². The normalized spacial score (nSPS) is 19.7. The molecule has 122 valence electrons. The van der Waals surface area contributed by atoms with Gasteiger partial charge in [0, 0.05) is 6.04 Å². The molecule has 1 aliphatic carbocycles. The lowest BCUT2D eigenvalue weighted by Gasteiger charge is -2.31. The predicted molar refractivity (Wildman–Crippen MR) is 79.8 cm³/mol. The summed E-state index contributed by atoms with van der Waals surface area (Å²) in [6.45, 7) is 9.59. The molecule has 0 spiro atoms. The number of carbonyl (C=O) groups is 2. The van der Waals surface area contributed by atoms with Crippen LogP contribution in [0.4, 0.5) is 0 Å². The summed E-state index contributed by atoms with van der Waals surface area (Å²) in [7, 11) is 0. The molecule has 0 radical (unpaired) electrons. The molecule has 0 heterocycles. The van der Waals surface area contributed by atoms with Crippen LogP contribution >= 0.6 is 0 Å². The smallest absolute Gasteiger partial charge is 0.305 e. The monoisotopic (exact) mass is 300 g/mol. The highest BCUT2D eigenvalue weighted by molar-refractivity contribution is 5.86. The fourth-order valence-electron chi connectivity index (χ4n) is 2.37. The van der Waals surface area contributed by atoms with Crippen LogP contribution < -0.4 is 11.1 Å². The first-order valence-corrected chi connectivity index (χ1v) is 7.43. The zero-order chi connectivity index (χ0) is 16.3. The third kappa shape index (κ3) is 5.28. The Kier molecular flexibility index (Phi) is 5.75. The van der Waals surface area contributed by atoms with Gasteiger partial charge in [0.1, 0.15) is 0 Å². The highest BCUT2D eigenvalue weighted by Gasteiger charge is 2.51. The van der Waals surface area contributed by atoms with Crippen molar-refractivity contribution < 1.29 is 19.4 Å². The largest absolute Gasteiger partial charge is 0.481 e. The van der Waals surface area contributed by atoms with Crippen LogP contribution in [-0.4, -0.2) is 42.3 Å². The Labute approximate surface area is 126 Å². The van der Waals surface area contributed by atoms with Crippen LogP contribution in [-0.2, 0) is 14.3 Å². The standard InChI is InChI=1S/C15H28N2O4/c1-10(17-13(20)11(16)7-12(18)19)8-21-9-15(5-6-15)14(2,3)4/h10-11H,5-9,16H2,1-4H3,(H,17,20)(H,18,19)/t10?,11-/m0/s1. The average Bonchev–Trinajstić information content (AvgIpc) is 3.08. The Morgan fingerprint density at radius 3 is 2.38 bits per heavy atom. The number of hydrogen-bond donors (Lipinski definition) is 3. The molecule has 1 unspecified atom stereocenters. The van der Waals surface area contributed by atoms with Crippen molar-refractivity contribution in [2.75, 3.05) is 13.2 Å². The highest BCUT2D eigenvalue weighted by Crippen LogP contribution is 2.58. The second-order valence-corrected chi connectivity index (χ2v) is 7.16. The van der Waals surface area contributed by atoms with E-state index in [9.17, 15) is 9.59 Å². The summed E-state index contributed by atoms with van der Waals surface area (Å²) in [6, 6.07) is -1.21. The molecule has 21 heavy (non-hydrogen) atoms. The zero-order valence-corrected chi connectivity index (χ0v) is 13.4. The molecule has 0 aromatic carbocycles. The van der Waals surface area contributed by atoms with Crippen molar-refractivity contribution in [3.8, 4) is 0 Å². The molecule has 1 amide bonds. The van der Waals surface area contributed by atoms with Gasteiger partial charge in [-0.15, -0.1) is 0 Å². The van der Waals surface area contributed by atoms with Gasteiger partial charge in [-0.1, -0.05) is 20.8 Å². The number of rotatable bonds is 8. The second kappa shape index (κ2) is 6.75. The van der Waals surface area contributed by atoms with Gasteiger partial charge in [0.15, 0.2) is 0 Å². The van der Waals surface area contributed by atoms with Gasteiger partial charge >= 0.3 is 5.97 Å². The molecule has 0 aliphatic heterocycles. The molecule has 2 atom stereocenters. The number of carboxylic acid groups (broad SMARTS) is 1. The van der Waals surface area contributed by atoms with Crippen LogP contribution in [0.5, 0.6) is 0 Å². The minimum atomic E-state index is -1.08. The molecule has 6 heteroatoms. The topological polar surface area (TPSA) is 102 Å². The maximum absolute atomic E-state index is 11.7. The van der Waals surface area contributed by atoms with E-state index in [2.05, 4.69) is 26.1 Å². The average molecular weight is 300 g/mol. The van der Waals surface area contributed by atoms with E-state index in [0.29, 0.717) is 13.2 Å². The summed E-state index contributed by atoms with van der Waals surface area (Å²) in [4.78, 5) is 22.2. The van der Waals surface area contributed by atoms with Crippen LogP contribution in [0.3, 0.4) is 0 Å². The Bertz CT molecular complexity index is 386. The summed E-state index contributed by atoms with van der Waals surface area (Å²) in [5.41, 5.74) is 5.98. The summed E-state index contributed by atoms with van der Waals surface area (Å²) >= 11 is 0. The third-order valence-corrected chi connectivity index (χ3v) is 4.31. The lowest BCUT2D eigenvalue weighted by Crippen LogP contribution is -2.47. The number of hydrogen-bond acceptors (Lipinski definition) is 4. The van der Waals surface area contributed by atoms with Crippen molar-refractivity contribution in [1.29, 1.82) is 0 Å². The van der Waals surface area contributed by atoms with E-state index >= 15 is 0 Å². The number of carbonyl (C=O) groups excluding carboxylic acids is 1. The minimum Gasteiger partial charge on any atom is -0.481 e. The molecule has 1 rings (SSSR count). The van der Waals surface area contributed by atoms with Crippen molar-refractivity contribution in [3.63, 3.8) is 0 Å². The Balaban J connectivity index is 2.27. The lowest BCUT2D eigenvalue weighted by atomic mass is 9.78. The van der Waals surface area contributed by atoms with E-state index in [1.165, 1.54) is 12.8 Å². The van der Waals surface area contributed by atoms with E-state index < -0.39 is 17.9 Å². The predicted octanol–water partition coefficient (Wildman–Crippen LogP) is 1.14. The van der Waals surface area contributed by atoms with Crippen LogP contribution in [0, 0.1) is 10.8 Å².